The van der Waals surface area contributed by atoms with Gasteiger partial charge in [0.05, 0.1) is 17.2 Å². The Morgan fingerprint density at radius 3 is 2.52 bits per heavy atom. The molecule has 1 heterocycles. The van der Waals surface area contributed by atoms with Crippen LogP contribution >= 0.6 is 23.2 Å². The van der Waals surface area contributed by atoms with E-state index in [1.807, 2.05) is 24.3 Å². The zero-order chi connectivity index (χ0) is 19.4. The van der Waals surface area contributed by atoms with Gasteiger partial charge in [0, 0.05) is 18.2 Å². The van der Waals surface area contributed by atoms with Gasteiger partial charge in [-0.1, -0.05) is 35.3 Å². The fraction of sp³-hybridized carbons (Fsp3) is 0.105. The van der Waals surface area contributed by atoms with E-state index in [2.05, 4.69) is 15.3 Å². The van der Waals surface area contributed by atoms with Crippen molar-refractivity contribution in [2.75, 3.05) is 12.4 Å². The Balaban J connectivity index is 1.80. The van der Waals surface area contributed by atoms with E-state index in [1.54, 1.807) is 19.2 Å². The second kappa shape index (κ2) is 8.24. The summed E-state index contributed by atoms with van der Waals surface area (Å²) < 4.78 is 5.12. The first-order valence-corrected chi connectivity index (χ1v) is 8.70. The molecule has 0 saturated heterocycles. The predicted molar refractivity (Wildman–Crippen MR) is 105 cm³/mol. The molecule has 0 aliphatic rings. The van der Waals surface area contributed by atoms with Gasteiger partial charge in [0.2, 0.25) is 0 Å². The summed E-state index contributed by atoms with van der Waals surface area (Å²) in [5.74, 6) is 0.595. The molecule has 0 aliphatic carbocycles. The first-order valence-electron chi connectivity index (χ1n) is 7.94. The third-order valence-corrected chi connectivity index (χ3v) is 4.47. The molecule has 0 radical (unpaired) electrons. The molecule has 0 fully saturated rings. The smallest absolute Gasteiger partial charge is 0.274 e. The molecule has 1 amide bonds. The molecule has 0 saturated carbocycles. The fourth-order valence-corrected chi connectivity index (χ4v) is 2.71. The van der Waals surface area contributed by atoms with Crippen LogP contribution < -0.4 is 15.6 Å². The quantitative estimate of drug-likeness (QED) is 0.675. The molecule has 27 heavy (non-hydrogen) atoms. The van der Waals surface area contributed by atoms with Gasteiger partial charge in [-0.2, -0.15) is 0 Å². The average Bonchev–Trinajstić information content (AvgIpc) is 2.65. The highest BCUT2D eigenvalue weighted by atomic mass is 35.5. The number of nitrogens with zero attached hydrogens (tertiary/aromatic N) is 1. The lowest BCUT2D eigenvalue weighted by Gasteiger charge is -2.08. The summed E-state index contributed by atoms with van der Waals surface area (Å²) in [6, 6.07) is 13.2. The van der Waals surface area contributed by atoms with Crippen LogP contribution in [-0.4, -0.2) is 23.0 Å². The summed E-state index contributed by atoms with van der Waals surface area (Å²) in [5, 5.41) is 3.34. The number of halogens is 2. The lowest BCUT2D eigenvalue weighted by Crippen LogP contribution is -2.20. The third kappa shape index (κ3) is 4.87. The summed E-state index contributed by atoms with van der Waals surface area (Å²) in [6.45, 7) is 0. The van der Waals surface area contributed by atoms with Crippen LogP contribution in [0.25, 0.3) is 0 Å². The highest BCUT2D eigenvalue weighted by molar-refractivity contribution is 6.42. The average molecular weight is 404 g/mol. The normalized spacial score (nSPS) is 10.5. The Bertz CT molecular complexity index is 1030. The van der Waals surface area contributed by atoms with Gasteiger partial charge in [-0.15, -0.1) is 0 Å². The number of carbonyl (C=O) groups is 1. The number of nitrogens with one attached hydrogen (secondary N) is 2. The van der Waals surface area contributed by atoms with E-state index in [0.717, 1.165) is 17.4 Å². The van der Waals surface area contributed by atoms with Gasteiger partial charge in [0.25, 0.3) is 11.5 Å². The number of H-pyrrole nitrogens is 1. The van der Waals surface area contributed by atoms with Gasteiger partial charge < -0.3 is 15.0 Å². The summed E-state index contributed by atoms with van der Waals surface area (Å²) in [7, 11) is 1.59. The van der Waals surface area contributed by atoms with Crippen LogP contribution in [0, 0.1) is 0 Å². The van der Waals surface area contributed by atoms with Gasteiger partial charge in [0.1, 0.15) is 17.3 Å². The van der Waals surface area contributed by atoms with E-state index in [0.29, 0.717) is 28.0 Å². The van der Waals surface area contributed by atoms with Crippen molar-refractivity contribution in [3.8, 4) is 5.75 Å². The van der Waals surface area contributed by atoms with Crippen molar-refractivity contribution in [3.05, 3.63) is 86.0 Å². The monoisotopic (exact) mass is 403 g/mol. The lowest BCUT2D eigenvalue weighted by atomic mass is 10.1. The standard InChI is InChI=1S/C19H15Cl2N3O3/c1-27-13-5-2-11(3-6-13)8-17-23-16(10-18(25)24-17)19(26)22-12-4-7-14(20)15(21)9-12/h2-7,9-10H,8H2,1H3,(H,22,26)(H,23,24,25). The van der Waals surface area contributed by atoms with Gasteiger partial charge in [-0.3, -0.25) is 9.59 Å². The third-order valence-electron chi connectivity index (χ3n) is 3.73. The maximum atomic E-state index is 12.4. The van der Waals surface area contributed by atoms with Crippen molar-refractivity contribution in [1.29, 1.82) is 0 Å². The molecule has 0 aliphatic heterocycles. The maximum absolute atomic E-state index is 12.4. The minimum absolute atomic E-state index is 0.00772. The number of benzene rings is 2. The second-order valence-corrected chi connectivity index (χ2v) is 6.50. The Morgan fingerprint density at radius 2 is 1.85 bits per heavy atom. The Hall–Kier alpha value is -2.83. The molecule has 0 spiro atoms. The number of hydrogen-bond acceptors (Lipinski definition) is 4. The molecule has 2 aromatic carbocycles. The molecule has 3 aromatic rings. The molecule has 0 bridgehead atoms. The first kappa shape index (κ1) is 18.9. The molecule has 0 unspecified atom stereocenters. The van der Waals surface area contributed by atoms with Crippen molar-refractivity contribution in [3.63, 3.8) is 0 Å². The largest absolute Gasteiger partial charge is 0.497 e. The number of carbonyl (C=O) groups excluding carboxylic acids is 1. The number of rotatable bonds is 5. The minimum Gasteiger partial charge on any atom is -0.497 e. The number of aromatic nitrogens is 2. The molecule has 138 valence electrons. The summed E-state index contributed by atoms with van der Waals surface area (Å²) >= 11 is 11.8. The van der Waals surface area contributed by atoms with E-state index in [4.69, 9.17) is 27.9 Å². The van der Waals surface area contributed by atoms with Crippen molar-refractivity contribution < 1.29 is 9.53 Å². The highest BCUT2D eigenvalue weighted by Crippen LogP contribution is 2.25. The van der Waals surface area contributed by atoms with Crippen LogP contribution in [0.1, 0.15) is 21.9 Å². The zero-order valence-electron chi connectivity index (χ0n) is 14.3. The first-order chi connectivity index (χ1) is 12.9. The van der Waals surface area contributed by atoms with Crippen LogP contribution in [0.5, 0.6) is 5.75 Å². The van der Waals surface area contributed by atoms with E-state index in [9.17, 15) is 9.59 Å². The molecular weight excluding hydrogens is 389 g/mol. The van der Waals surface area contributed by atoms with E-state index >= 15 is 0 Å². The maximum Gasteiger partial charge on any atom is 0.274 e. The number of amides is 1. The number of hydrogen-bond donors (Lipinski definition) is 2. The Kier molecular flexibility index (Phi) is 5.78. The van der Waals surface area contributed by atoms with Crippen molar-refractivity contribution in [2.45, 2.75) is 6.42 Å². The van der Waals surface area contributed by atoms with Crippen LogP contribution in [0.3, 0.4) is 0 Å². The van der Waals surface area contributed by atoms with E-state index in [-0.39, 0.29) is 5.69 Å². The molecule has 8 heteroatoms. The summed E-state index contributed by atoms with van der Waals surface area (Å²) in [4.78, 5) is 31.2. The van der Waals surface area contributed by atoms with Gasteiger partial charge in [-0.25, -0.2) is 4.98 Å². The zero-order valence-corrected chi connectivity index (χ0v) is 15.8. The predicted octanol–water partition coefficient (Wildman–Crippen LogP) is 3.93. The number of ether oxygens (including phenoxy) is 1. The number of methoxy groups -OCH3 is 1. The molecular formula is C19H15Cl2N3O3. The molecule has 2 N–H and O–H groups in total. The summed E-state index contributed by atoms with van der Waals surface area (Å²) in [5.41, 5.74) is 0.968. The molecule has 0 atom stereocenters. The Labute approximate surface area is 165 Å². The van der Waals surface area contributed by atoms with E-state index < -0.39 is 11.5 Å². The van der Waals surface area contributed by atoms with Crippen molar-refractivity contribution >= 4 is 34.8 Å². The molecule has 3 rings (SSSR count). The van der Waals surface area contributed by atoms with Crippen molar-refractivity contribution in [2.24, 2.45) is 0 Å². The Morgan fingerprint density at radius 1 is 1.11 bits per heavy atom. The van der Waals surface area contributed by atoms with Crippen LogP contribution in [0.2, 0.25) is 10.0 Å². The topological polar surface area (TPSA) is 84.1 Å². The number of anilines is 1. The SMILES string of the molecule is COc1ccc(Cc2nc(C(=O)Nc3ccc(Cl)c(Cl)c3)cc(=O)[nH]2)cc1. The van der Waals surface area contributed by atoms with Gasteiger partial charge in [0.15, 0.2) is 0 Å². The second-order valence-electron chi connectivity index (χ2n) is 5.69. The molecule has 1 aromatic heterocycles. The van der Waals surface area contributed by atoms with Crippen LogP contribution in [0.4, 0.5) is 5.69 Å². The van der Waals surface area contributed by atoms with Crippen molar-refractivity contribution in [1.82, 2.24) is 9.97 Å². The fourth-order valence-electron chi connectivity index (χ4n) is 2.41. The highest BCUT2D eigenvalue weighted by Gasteiger charge is 2.12. The van der Waals surface area contributed by atoms with E-state index in [1.165, 1.54) is 6.07 Å². The lowest BCUT2D eigenvalue weighted by molar-refractivity contribution is 0.102. The minimum atomic E-state index is -0.518. The van der Waals surface area contributed by atoms with Crippen LogP contribution in [0.15, 0.2) is 53.3 Å². The van der Waals surface area contributed by atoms with Gasteiger partial charge in [-0.05, 0) is 35.9 Å². The number of aromatic amines is 1. The molecule has 6 nitrogen and oxygen atoms in total. The van der Waals surface area contributed by atoms with Crippen LogP contribution in [-0.2, 0) is 6.42 Å². The van der Waals surface area contributed by atoms with Gasteiger partial charge >= 0.3 is 0 Å². The summed E-state index contributed by atoms with van der Waals surface area (Å²) in [6.07, 6.45) is 0.368.